The van der Waals surface area contributed by atoms with E-state index in [1.807, 2.05) is 24.3 Å². The molecule has 1 aliphatic rings. The number of hydrogen-bond acceptors (Lipinski definition) is 2. The first kappa shape index (κ1) is 15.8. The second kappa shape index (κ2) is 7.46. The number of methoxy groups -OCH3 is 1. The van der Waals surface area contributed by atoms with Crippen LogP contribution in [0.3, 0.4) is 0 Å². The minimum atomic E-state index is 0.373. The Balaban J connectivity index is 2.00. The molecule has 1 saturated carbocycles. The van der Waals surface area contributed by atoms with Crippen molar-refractivity contribution < 1.29 is 4.74 Å². The molecule has 1 aromatic carbocycles. The molecular weight excluding hydrogens is 262 g/mol. The van der Waals surface area contributed by atoms with Gasteiger partial charge in [0.1, 0.15) is 0 Å². The lowest BCUT2D eigenvalue weighted by atomic mass is 9.84. The van der Waals surface area contributed by atoms with E-state index in [0.717, 1.165) is 17.8 Å². The van der Waals surface area contributed by atoms with Crippen LogP contribution in [0.2, 0.25) is 0 Å². The molecule has 4 nitrogen and oxygen atoms in total. The van der Waals surface area contributed by atoms with Gasteiger partial charge in [-0.25, -0.2) is 0 Å². The highest BCUT2D eigenvalue weighted by molar-refractivity contribution is 5.93. The molecule has 0 aliphatic heterocycles. The van der Waals surface area contributed by atoms with Crippen LogP contribution in [0.4, 0.5) is 5.69 Å². The van der Waals surface area contributed by atoms with Crippen molar-refractivity contribution >= 4 is 11.6 Å². The van der Waals surface area contributed by atoms with Crippen molar-refractivity contribution in [3.05, 3.63) is 29.8 Å². The third-order valence-electron chi connectivity index (χ3n) is 4.58. The van der Waals surface area contributed by atoms with E-state index in [9.17, 15) is 0 Å². The van der Waals surface area contributed by atoms with Gasteiger partial charge in [-0.2, -0.15) is 0 Å². The van der Waals surface area contributed by atoms with Gasteiger partial charge in [0, 0.05) is 24.9 Å². The molecule has 1 aromatic rings. The number of nitrogens with one attached hydrogen (secondary N) is 1. The molecule has 1 aliphatic carbocycles. The van der Waals surface area contributed by atoms with E-state index in [2.05, 4.69) is 17.2 Å². The van der Waals surface area contributed by atoms with Gasteiger partial charge in [-0.3, -0.25) is 4.99 Å². The standard InChI is InChI=1S/C17H27N3O/c1-3-17(10-6-7-11-17)13-19-16(18)20-15-9-5-4-8-14(15)12-21-2/h4-5,8-9H,3,6-7,10-13H2,1-2H3,(H3,18,19,20). The van der Waals surface area contributed by atoms with Gasteiger partial charge in [0.05, 0.1) is 6.61 Å². The van der Waals surface area contributed by atoms with Crippen molar-refractivity contribution in [1.82, 2.24) is 0 Å². The summed E-state index contributed by atoms with van der Waals surface area (Å²) in [5.74, 6) is 0.498. The summed E-state index contributed by atoms with van der Waals surface area (Å²) >= 11 is 0. The Bertz CT molecular complexity index is 479. The first-order valence-corrected chi connectivity index (χ1v) is 7.83. The number of aliphatic imine (C=N–C) groups is 1. The van der Waals surface area contributed by atoms with Gasteiger partial charge in [0.15, 0.2) is 5.96 Å². The number of guanidine groups is 1. The normalized spacial score (nSPS) is 17.9. The highest BCUT2D eigenvalue weighted by atomic mass is 16.5. The van der Waals surface area contributed by atoms with Crippen LogP contribution in [0.5, 0.6) is 0 Å². The zero-order valence-corrected chi connectivity index (χ0v) is 13.2. The molecular formula is C17H27N3O. The average molecular weight is 289 g/mol. The van der Waals surface area contributed by atoms with Gasteiger partial charge in [-0.05, 0) is 30.7 Å². The Kier molecular flexibility index (Phi) is 5.62. The van der Waals surface area contributed by atoms with E-state index in [1.54, 1.807) is 7.11 Å². The topological polar surface area (TPSA) is 59.6 Å². The molecule has 0 unspecified atom stereocenters. The predicted molar refractivity (Wildman–Crippen MR) is 88.5 cm³/mol. The molecule has 0 spiro atoms. The molecule has 0 atom stereocenters. The van der Waals surface area contributed by atoms with Crippen molar-refractivity contribution in [2.75, 3.05) is 19.0 Å². The van der Waals surface area contributed by atoms with Crippen molar-refractivity contribution in [3.8, 4) is 0 Å². The monoisotopic (exact) mass is 289 g/mol. The summed E-state index contributed by atoms with van der Waals surface area (Å²) < 4.78 is 5.20. The SMILES string of the molecule is CCC1(CN=C(N)Nc2ccccc2COC)CCCC1. The van der Waals surface area contributed by atoms with E-state index in [-0.39, 0.29) is 0 Å². The van der Waals surface area contributed by atoms with E-state index >= 15 is 0 Å². The van der Waals surface area contributed by atoms with E-state index in [1.165, 1.54) is 32.1 Å². The number of ether oxygens (including phenoxy) is 1. The number of nitrogens with zero attached hydrogens (tertiary/aromatic N) is 1. The Morgan fingerprint density at radius 1 is 1.33 bits per heavy atom. The molecule has 116 valence electrons. The summed E-state index contributed by atoms with van der Waals surface area (Å²) in [6.07, 6.45) is 6.39. The third kappa shape index (κ3) is 4.21. The highest BCUT2D eigenvalue weighted by Gasteiger charge is 2.31. The molecule has 0 bridgehead atoms. The summed E-state index contributed by atoms with van der Waals surface area (Å²) in [6, 6.07) is 8.02. The predicted octanol–water partition coefficient (Wildman–Crippen LogP) is 3.53. The van der Waals surface area contributed by atoms with Crippen molar-refractivity contribution in [1.29, 1.82) is 0 Å². The summed E-state index contributed by atoms with van der Waals surface area (Å²) in [5, 5.41) is 3.21. The van der Waals surface area contributed by atoms with Gasteiger partial charge in [0.2, 0.25) is 0 Å². The maximum absolute atomic E-state index is 6.06. The third-order valence-corrected chi connectivity index (χ3v) is 4.58. The molecule has 3 N–H and O–H groups in total. The van der Waals surface area contributed by atoms with E-state index in [4.69, 9.17) is 10.5 Å². The number of rotatable bonds is 6. The first-order valence-electron chi connectivity index (χ1n) is 7.83. The smallest absolute Gasteiger partial charge is 0.193 e. The maximum Gasteiger partial charge on any atom is 0.193 e. The Labute approximate surface area is 127 Å². The minimum absolute atomic E-state index is 0.373. The molecule has 4 heteroatoms. The van der Waals surface area contributed by atoms with E-state index in [0.29, 0.717) is 18.0 Å². The largest absolute Gasteiger partial charge is 0.380 e. The molecule has 21 heavy (non-hydrogen) atoms. The molecule has 0 amide bonds. The fourth-order valence-corrected chi connectivity index (χ4v) is 3.10. The van der Waals surface area contributed by atoms with Crippen LogP contribution in [-0.2, 0) is 11.3 Å². The first-order chi connectivity index (χ1) is 10.2. The molecule has 1 fully saturated rings. The molecule has 0 aromatic heterocycles. The number of hydrogen-bond donors (Lipinski definition) is 2. The highest BCUT2D eigenvalue weighted by Crippen LogP contribution is 2.41. The second-order valence-corrected chi connectivity index (χ2v) is 5.98. The summed E-state index contributed by atoms with van der Waals surface area (Å²) in [6.45, 7) is 3.66. The average Bonchev–Trinajstić information content (AvgIpc) is 2.97. The van der Waals surface area contributed by atoms with Gasteiger partial charge in [0.25, 0.3) is 0 Å². The van der Waals surface area contributed by atoms with Gasteiger partial charge in [-0.1, -0.05) is 38.0 Å². The Morgan fingerprint density at radius 2 is 2.05 bits per heavy atom. The van der Waals surface area contributed by atoms with Gasteiger partial charge < -0.3 is 15.8 Å². The lowest BCUT2D eigenvalue weighted by Gasteiger charge is -2.25. The second-order valence-electron chi connectivity index (χ2n) is 5.98. The Morgan fingerprint density at radius 3 is 2.71 bits per heavy atom. The molecule has 2 rings (SSSR count). The molecule has 0 radical (unpaired) electrons. The number of anilines is 1. The maximum atomic E-state index is 6.06. The molecule has 0 saturated heterocycles. The Hall–Kier alpha value is -1.55. The van der Waals surface area contributed by atoms with Crippen LogP contribution < -0.4 is 11.1 Å². The van der Waals surface area contributed by atoms with Crippen molar-refractivity contribution in [2.45, 2.75) is 45.6 Å². The van der Waals surface area contributed by atoms with Crippen LogP contribution in [0.1, 0.15) is 44.6 Å². The quantitative estimate of drug-likeness (QED) is 0.622. The number of para-hydroxylation sites is 1. The zero-order chi connectivity index (χ0) is 15.1. The van der Waals surface area contributed by atoms with Gasteiger partial charge in [-0.15, -0.1) is 0 Å². The van der Waals surface area contributed by atoms with Crippen LogP contribution >= 0.6 is 0 Å². The number of nitrogens with two attached hydrogens (primary N) is 1. The van der Waals surface area contributed by atoms with Gasteiger partial charge >= 0.3 is 0 Å². The van der Waals surface area contributed by atoms with E-state index < -0.39 is 0 Å². The summed E-state index contributed by atoms with van der Waals surface area (Å²) in [7, 11) is 1.69. The lowest BCUT2D eigenvalue weighted by Crippen LogP contribution is -2.27. The fourth-order valence-electron chi connectivity index (χ4n) is 3.10. The fraction of sp³-hybridized carbons (Fsp3) is 0.588. The van der Waals surface area contributed by atoms with Crippen LogP contribution in [0.25, 0.3) is 0 Å². The van der Waals surface area contributed by atoms with Crippen molar-refractivity contribution in [2.24, 2.45) is 16.1 Å². The number of benzene rings is 1. The zero-order valence-electron chi connectivity index (χ0n) is 13.2. The van der Waals surface area contributed by atoms with Crippen molar-refractivity contribution in [3.63, 3.8) is 0 Å². The van der Waals surface area contributed by atoms with Crippen LogP contribution in [0, 0.1) is 5.41 Å². The summed E-state index contributed by atoms with van der Waals surface area (Å²) in [4.78, 5) is 4.59. The van der Waals surface area contributed by atoms with Crippen LogP contribution in [0.15, 0.2) is 29.3 Å². The molecule has 0 heterocycles. The minimum Gasteiger partial charge on any atom is -0.380 e. The van der Waals surface area contributed by atoms with Crippen LogP contribution in [-0.4, -0.2) is 19.6 Å². The lowest BCUT2D eigenvalue weighted by molar-refractivity contribution is 0.185. The summed E-state index contributed by atoms with van der Waals surface area (Å²) in [5.41, 5.74) is 8.49.